The molecule has 0 bridgehead atoms. The first-order valence-corrected chi connectivity index (χ1v) is 10.9. The number of ether oxygens (including phenoxy) is 1. The highest BCUT2D eigenvalue weighted by atomic mass is 32.1. The summed E-state index contributed by atoms with van der Waals surface area (Å²) in [5.74, 6) is 1.16. The highest BCUT2D eigenvalue weighted by Gasteiger charge is 2.22. The Labute approximate surface area is 173 Å². The van der Waals surface area contributed by atoms with Crippen LogP contribution in [0.2, 0.25) is 0 Å². The number of nitrogens with two attached hydrogens (primary N) is 1. The standard InChI is InChI=1S/C19H26N6O3S/c20-19(27)24-15(26)5-6-21-17-16-12-3-1-2-4-13(12)29-18(16)23-14(22-17)11-25-7-9-28-10-8-25/h1-11H2,(H,21,22,23)(H3,20,24,26,27). The molecule has 9 nitrogen and oxygen atoms in total. The number of urea groups is 1. The van der Waals surface area contributed by atoms with Crippen LogP contribution in [0.1, 0.15) is 35.5 Å². The SMILES string of the molecule is NC(=O)NC(=O)CCNc1nc(CN2CCOCC2)nc2sc3c(c12)CCCC3. The molecule has 3 amide bonds. The summed E-state index contributed by atoms with van der Waals surface area (Å²) >= 11 is 1.76. The molecule has 2 aliphatic rings. The van der Waals surface area contributed by atoms with E-state index in [9.17, 15) is 9.59 Å². The molecule has 0 unspecified atom stereocenters. The summed E-state index contributed by atoms with van der Waals surface area (Å²) in [5, 5.41) is 6.48. The fourth-order valence-corrected chi connectivity index (χ4v) is 5.13. The van der Waals surface area contributed by atoms with E-state index in [0.29, 0.717) is 13.1 Å². The maximum atomic E-state index is 11.7. The molecule has 2 aromatic heterocycles. The molecule has 1 aliphatic heterocycles. The molecular formula is C19H26N6O3S. The molecule has 10 heteroatoms. The number of nitrogens with zero attached hydrogens (tertiary/aromatic N) is 3. The second kappa shape index (κ2) is 9.02. The van der Waals surface area contributed by atoms with Crippen molar-refractivity contribution in [3.63, 3.8) is 0 Å². The number of primary amides is 1. The Bertz CT molecular complexity index is 909. The van der Waals surface area contributed by atoms with Crippen molar-refractivity contribution in [1.29, 1.82) is 0 Å². The Hall–Kier alpha value is -2.30. The Morgan fingerprint density at radius 3 is 2.76 bits per heavy atom. The molecule has 4 N–H and O–H groups in total. The molecule has 29 heavy (non-hydrogen) atoms. The molecule has 0 radical (unpaired) electrons. The fraction of sp³-hybridized carbons (Fsp3) is 0.579. The highest BCUT2D eigenvalue weighted by molar-refractivity contribution is 7.19. The molecule has 156 valence electrons. The lowest BCUT2D eigenvalue weighted by Crippen LogP contribution is -2.36. The average molecular weight is 419 g/mol. The minimum absolute atomic E-state index is 0.138. The van der Waals surface area contributed by atoms with Crippen LogP contribution >= 0.6 is 11.3 Å². The quantitative estimate of drug-likeness (QED) is 0.648. The number of aryl methyl sites for hydroxylation is 2. The van der Waals surface area contributed by atoms with Gasteiger partial charge in [0.1, 0.15) is 16.5 Å². The predicted molar refractivity (Wildman–Crippen MR) is 111 cm³/mol. The van der Waals surface area contributed by atoms with Gasteiger partial charge in [0.25, 0.3) is 0 Å². The Morgan fingerprint density at radius 2 is 1.97 bits per heavy atom. The Morgan fingerprint density at radius 1 is 1.17 bits per heavy atom. The zero-order valence-corrected chi connectivity index (χ0v) is 17.1. The first-order valence-electron chi connectivity index (χ1n) is 10.0. The lowest BCUT2D eigenvalue weighted by molar-refractivity contribution is -0.119. The average Bonchev–Trinajstić information content (AvgIpc) is 3.06. The number of amides is 3. The number of carbonyl (C=O) groups is 2. The van der Waals surface area contributed by atoms with Gasteiger partial charge in [0.15, 0.2) is 0 Å². The van der Waals surface area contributed by atoms with Gasteiger partial charge in [-0.1, -0.05) is 0 Å². The first-order chi connectivity index (χ1) is 14.1. The van der Waals surface area contributed by atoms with Gasteiger partial charge in [-0.2, -0.15) is 0 Å². The predicted octanol–water partition coefficient (Wildman–Crippen LogP) is 1.40. The fourth-order valence-electron chi connectivity index (χ4n) is 3.85. The number of thiophene rings is 1. The van der Waals surface area contributed by atoms with E-state index in [2.05, 4.69) is 15.5 Å². The number of hydrogen-bond donors (Lipinski definition) is 3. The third kappa shape index (κ3) is 4.82. The molecule has 1 aliphatic carbocycles. The molecular weight excluding hydrogens is 392 g/mol. The van der Waals surface area contributed by atoms with E-state index in [1.165, 1.54) is 23.3 Å². The normalized spacial score (nSPS) is 17.1. The largest absolute Gasteiger partial charge is 0.379 e. The zero-order valence-electron chi connectivity index (χ0n) is 16.3. The number of anilines is 1. The van der Waals surface area contributed by atoms with Gasteiger partial charge in [0, 0.05) is 30.9 Å². The molecule has 3 heterocycles. The summed E-state index contributed by atoms with van der Waals surface area (Å²) in [4.78, 5) is 36.9. The van der Waals surface area contributed by atoms with Gasteiger partial charge in [-0.15, -0.1) is 11.3 Å². The van der Waals surface area contributed by atoms with Crippen LogP contribution in [0.3, 0.4) is 0 Å². The van der Waals surface area contributed by atoms with E-state index >= 15 is 0 Å². The monoisotopic (exact) mass is 418 g/mol. The minimum atomic E-state index is -0.834. The first kappa shape index (κ1) is 20.0. The van der Waals surface area contributed by atoms with Crippen molar-refractivity contribution in [1.82, 2.24) is 20.2 Å². The lowest BCUT2D eigenvalue weighted by atomic mass is 9.97. The van der Waals surface area contributed by atoms with Gasteiger partial charge >= 0.3 is 6.03 Å². The number of morpholine rings is 1. The van der Waals surface area contributed by atoms with Crippen LogP contribution < -0.4 is 16.4 Å². The molecule has 0 spiro atoms. The lowest BCUT2D eigenvalue weighted by Gasteiger charge is -2.25. The van der Waals surface area contributed by atoms with Crippen molar-refractivity contribution >= 4 is 39.3 Å². The Kier molecular flexibility index (Phi) is 6.22. The van der Waals surface area contributed by atoms with E-state index in [-0.39, 0.29) is 6.42 Å². The van der Waals surface area contributed by atoms with E-state index < -0.39 is 11.9 Å². The van der Waals surface area contributed by atoms with Crippen LogP contribution in [0.4, 0.5) is 10.6 Å². The highest BCUT2D eigenvalue weighted by Crippen LogP contribution is 2.38. The van der Waals surface area contributed by atoms with Gasteiger partial charge in [-0.05, 0) is 31.2 Å². The molecule has 0 atom stereocenters. The summed E-state index contributed by atoms with van der Waals surface area (Å²) in [6.45, 7) is 4.26. The second-order valence-corrected chi connectivity index (χ2v) is 8.44. The number of hydrogen-bond acceptors (Lipinski definition) is 8. The number of fused-ring (bicyclic) bond motifs is 3. The summed E-state index contributed by atoms with van der Waals surface area (Å²) < 4.78 is 5.43. The van der Waals surface area contributed by atoms with Gasteiger partial charge < -0.3 is 15.8 Å². The van der Waals surface area contributed by atoms with Crippen LogP contribution in [0.15, 0.2) is 0 Å². The van der Waals surface area contributed by atoms with Gasteiger partial charge in [0.05, 0.1) is 25.1 Å². The topological polar surface area (TPSA) is 122 Å². The minimum Gasteiger partial charge on any atom is -0.379 e. The third-order valence-corrected chi connectivity index (χ3v) is 6.42. The van der Waals surface area contributed by atoms with Crippen LogP contribution in [0, 0.1) is 0 Å². The summed E-state index contributed by atoms with van der Waals surface area (Å²) in [5.41, 5.74) is 6.34. The summed E-state index contributed by atoms with van der Waals surface area (Å²) in [7, 11) is 0. The number of imide groups is 1. The van der Waals surface area contributed by atoms with E-state index in [1.54, 1.807) is 11.3 Å². The third-order valence-electron chi connectivity index (χ3n) is 5.24. The molecule has 1 fully saturated rings. The Balaban J connectivity index is 1.57. The van der Waals surface area contributed by atoms with Crippen molar-refractivity contribution in [3.05, 3.63) is 16.3 Å². The molecule has 4 rings (SSSR count). The van der Waals surface area contributed by atoms with E-state index in [4.69, 9.17) is 20.4 Å². The number of nitrogens with one attached hydrogen (secondary N) is 2. The van der Waals surface area contributed by atoms with Crippen LogP contribution in [-0.2, 0) is 28.9 Å². The maximum Gasteiger partial charge on any atom is 0.318 e. The van der Waals surface area contributed by atoms with Gasteiger partial charge in [0.2, 0.25) is 5.91 Å². The van der Waals surface area contributed by atoms with E-state index in [1.807, 2.05) is 0 Å². The van der Waals surface area contributed by atoms with Crippen LogP contribution in [0.25, 0.3) is 10.2 Å². The number of carbonyl (C=O) groups excluding carboxylic acids is 2. The maximum absolute atomic E-state index is 11.7. The smallest absolute Gasteiger partial charge is 0.318 e. The van der Waals surface area contributed by atoms with Crippen LogP contribution in [0.5, 0.6) is 0 Å². The van der Waals surface area contributed by atoms with Crippen molar-refractivity contribution in [2.75, 3.05) is 38.2 Å². The van der Waals surface area contributed by atoms with Crippen molar-refractivity contribution < 1.29 is 14.3 Å². The zero-order chi connectivity index (χ0) is 20.2. The summed E-state index contributed by atoms with van der Waals surface area (Å²) in [6, 6.07) is -0.834. The van der Waals surface area contributed by atoms with Crippen LogP contribution in [-0.4, -0.2) is 59.7 Å². The van der Waals surface area contributed by atoms with E-state index in [0.717, 1.165) is 61.0 Å². The summed E-state index contributed by atoms with van der Waals surface area (Å²) in [6.07, 6.45) is 4.66. The van der Waals surface area contributed by atoms with Crippen molar-refractivity contribution in [3.8, 4) is 0 Å². The molecule has 0 saturated carbocycles. The van der Waals surface area contributed by atoms with Crippen molar-refractivity contribution in [2.45, 2.75) is 38.6 Å². The number of aromatic nitrogens is 2. The second-order valence-electron chi connectivity index (χ2n) is 7.36. The molecule has 0 aromatic carbocycles. The van der Waals surface area contributed by atoms with Gasteiger partial charge in [-0.3, -0.25) is 15.0 Å². The van der Waals surface area contributed by atoms with Gasteiger partial charge in [-0.25, -0.2) is 14.8 Å². The molecule has 1 saturated heterocycles. The van der Waals surface area contributed by atoms with Crippen molar-refractivity contribution in [2.24, 2.45) is 5.73 Å². The molecule has 2 aromatic rings. The number of rotatable bonds is 6.